The molecule has 3 aromatic rings. The number of aryl methyl sites for hydroxylation is 1. The Kier molecular flexibility index (Phi) is 7.23. The second kappa shape index (κ2) is 10.1. The van der Waals surface area contributed by atoms with Gasteiger partial charge in [0.2, 0.25) is 0 Å². The number of anilines is 1. The Labute approximate surface area is 182 Å². The quantitative estimate of drug-likeness (QED) is 0.457. The molecule has 1 atom stereocenters. The van der Waals surface area contributed by atoms with Gasteiger partial charge in [-0.15, -0.1) is 0 Å². The van der Waals surface area contributed by atoms with Gasteiger partial charge in [-0.05, 0) is 48.6 Å². The molecule has 6 nitrogen and oxygen atoms in total. The van der Waals surface area contributed by atoms with Crippen LogP contribution >= 0.6 is 0 Å². The minimum atomic E-state index is -0.934. The molecule has 31 heavy (non-hydrogen) atoms. The fraction of sp³-hybridized carbons (Fsp3) is 0.320. The van der Waals surface area contributed by atoms with Crippen molar-refractivity contribution in [2.45, 2.75) is 39.7 Å². The number of carbonyl (C=O) groups excluding carboxylic acids is 1. The molecule has 6 heteroatoms. The zero-order chi connectivity index (χ0) is 22.4. The summed E-state index contributed by atoms with van der Waals surface area (Å²) in [5, 5.41) is 16.0. The van der Waals surface area contributed by atoms with Crippen LogP contribution in [0.4, 0.5) is 5.69 Å². The number of pyridine rings is 1. The molecule has 1 aromatic heterocycles. The molecule has 3 N–H and O–H groups in total. The standard InChI is InChI=1S/C25H29N3O3/c1-16(2)13-22(28-21-14-20-6-4-5-17(3)24(20)27-15-21)18-7-9-19(10-8-18)25(31)26-12-11-23(29)30/h4-10,14-16,22,28H,11-13H2,1-3H3,(H,26,31)(H,29,30)/t22-/m0/s1. The molecular formula is C25H29N3O3. The number of carboxylic acid groups (broad SMARTS) is 1. The molecule has 3 rings (SSSR count). The summed E-state index contributed by atoms with van der Waals surface area (Å²) >= 11 is 0. The molecule has 0 fully saturated rings. The van der Waals surface area contributed by atoms with E-state index in [4.69, 9.17) is 5.11 Å². The van der Waals surface area contributed by atoms with Crippen LogP contribution in [0.2, 0.25) is 0 Å². The van der Waals surface area contributed by atoms with Crippen molar-refractivity contribution in [1.29, 1.82) is 0 Å². The normalized spacial score (nSPS) is 12.0. The first-order valence-electron chi connectivity index (χ1n) is 10.6. The number of carboxylic acids is 1. The first kappa shape index (κ1) is 22.3. The number of carbonyl (C=O) groups is 2. The van der Waals surface area contributed by atoms with Crippen LogP contribution in [0.3, 0.4) is 0 Å². The van der Waals surface area contributed by atoms with Gasteiger partial charge < -0.3 is 15.7 Å². The number of nitrogens with zero attached hydrogens (tertiary/aromatic N) is 1. The number of fused-ring (bicyclic) bond motifs is 1. The van der Waals surface area contributed by atoms with Crippen molar-refractivity contribution in [2.24, 2.45) is 5.92 Å². The van der Waals surface area contributed by atoms with Crippen LogP contribution in [0.15, 0.2) is 54.7 Å². The van der Waals surface area contributed by atoms with Gasteiger partial charge in [-0.25, -0.2) is 0 Å². The molecule has 0 unspecified atom stereocenters. The predicted molar refractivity (Wildman–Crippen MR) is 123 cm³/mol. The zero-order valence-electron chi connectivity index (χ0n) is 18.2. The Morgan fingerprint density at radius 1 is 1.10 bits per heavy atom. The topological polar surface area (TPSA) is 91.3 Å². The van der Waals surface area contributed by atoms with Crippen LogP contribution in [0, 0.1) is 12.8 Å². The van der Waals surface area contributed by atoms with Gasteiger partial charge in [0.15, 0.2) is 0 Å². The van der Waals surface area contributed by atoms with Crippen molar-refractivity contribution in [3.8, 4) is 0 Å². The van der Waals surface area contributed by atoms with Crippen LogP contribution in [-0.2, 0) is 4.79 Å². The van der Waals surface area contributed by atoms with Crippen LogP contribution in [0.1, 0.15) is 54.2 Å². The fourth-order valence-electron chi connectivity index (χ4n) is 3.60. The molecule has 0 saturated carbocycles. The number of aliphatic carboxylic acids is 1. The molecule has 0 aliphatic rings. The van der Waals surface area contributed by atoms with E-state index in [9.17, 15) is 9.59 Å². The predicted octanol–water partition coefficient (Wildman–Crippen LogP) is 4.95. The van der Waals surface area contributed by atoms with Gasteiger partial charge >= 0.3 is 5.97 Å². The summed E-state index contributed by atoms with van der Waals surface area (Å²) < 4.78 is 0. The Bertz CT molecular complexity index is 1060. The molecule has 1 heterocycles. The van der Waals surface area contributed by atoms with Gasteiger partial charge in [-0.3, -0.25) is 14.6 Å². The van der Waals surface area contributed by atoms with Gasteiger partial charge in [0.25, 0.3) is 5.91 Å². The monoisotopic (exact) mass is 419 g/mol. The number of aromatic nitrogens is 1. The smallest absolute Gasteiger partial charge is 0.305 e. The highest BCUT2D eigenvalue weighted by Gasteiger charge is 2.15. The molecule has 162 valence electrons. The third kappa shape index (κ3) is 6.04. The molecular weight excluding hydrogens is 390 g/mol. The van der Waals surface area contributed by atoms with E-state index < -0.39 is 5.97 Å². The lowest BCUT2D eigenvalue weighted by atomic mass is 9.95. The minimum Gasteiger partial charge on any atom is -0.481 e. The highest BCUT2D eigenvalue weighted by atomic mass is 16.4. The number of benzene rings is 2. The van der Waals surface area contributed by atoms with Crippen molar-refractivity contribution in [1.82, 2.24) is 10.3 Å². The SMILES string of the molecule is Cc1cccc2cc(N[C@@H](CC(C)C)c3ccc(C(=O)NCCC(=O)O)cc3)cnc12. The molecule has 0 spiro atoms. The van der Waals surface area contributed by atoms with E-state index >= 15 is 0 Å². The Morgan fingerprint density at radius 3 is 2.52 bits per heavy atom. The van der Waals surface area contributed by atoms with E-state index in [2.05, 4.69) is 54.6 Å². The van der Waals surface area contributed by atoms with E-state index in [1.54, 1.807) is 12.1 Å². The number of hydrogen-bond donors (Lipinski definition) is 3. The van der Waals surface area contributed by atoms with Crippen LogP contribution in [0.25, 0.3) is 10.9 Å². The number of nitrogens with one attached hydrogen (secondary N) is 2. The summed E-state index contributed by atoms with van der Waals surface area (Å²) in [6.45, 7) is 6.53. The summed E-state index contributed by atoms with van der Waals surface area (Å²) in [6, 6.07) is 15.8. The van der Waals surface area contributed by atoms with E-state index in [1.807, 2.05) is 24.4 Å². The molecule has 0 radical (unpaired) electrons. The number of amides is 1. The maximum Gasteiger partial charge on any atom is 0.305 e. The second-order valence-corrected chi connectivity index (χ2v) is 8.22. The van der Waals surface area contributed by atoms with Crippen LogP contribution in [-0.4, -0.2) is 28.5 Å². The first-order valence-corrected chi connectivity index (χ1v) is 10.6. The van der Waals surface area contributed by atoms with Crippen molar-refractivity contribution >= 4 is 28.5 Å². The number of hydrogen-bond acceptors (Lipinski definition) is 4. The molecule has 0 aliphatic heterocycles. The maximum absolute atomic E-state index is 12.2. The number of para-hydroxylation sites is 1. The molecule has 0 saturated heterocycles. The summed E-state index contributed by atoms with van der Waals surface area (Å²) in [7, 11) is 0. The van der Waals surface area contributed by atoms with E-state index in [1.165, 1.54) is 0 Å². The summed E-state index contributed by atoms with van der Waals surface area (Å²) in [6.07, 6.45) is 2.70. The molecule has 1 amide bonds. The third-order valence-corrected chi connectivity index (χ3v) is 5.16. The summed E-state index contributed by atoms with van der Waals surface area (Å²) in [5.74, 6) is -0.723. The van der Waals surface area contributed by atoms with Gasteiger partial charge in [0.05, 0.1) is 29.9 Å². The summed E-state index contributed by atoms with van der Waals surface area (Å²) in [4.78, 5) is 27.4. The van der Waals surface area contributed by atoms with Crippen LogP contribution in [0.5, 0.6) is 0 Å². The lowest BCUT2D eigenvalue weighted by molar-refractivity contribution is -0.136. The fourth-order valence-corrected chi connectivity index (χ4v) is 3.60. The van der Waals surface area contributed by atoms with Crippen LogP contribution < -0.4 is 10.6 Å². The van der Waals surface area contributed by atoms with Crippen molar-refractivity contribution < 1.29 is 14.7 Å². The molecule has 2 aromatic carbocycles. The average Bonchev–Trinajstić information content (AvgIpc) is 2.73. The highest BCUT2D eigenvalue weighted by molar-refractivity contribution is 5.94. The lowest BCUT2D eigenvalue weighted by Gasteiger charge is -2.23. The first-order chi connectivity index (χ1) is 14.8. The largest absolute Gasteiger partial charge is 0.481 e. The van der Waals surface area contributed by atoms with Gasteiger partial charge in [0.1, 0.15) is 0 Å². The van der Waals surface area contributed by atoms with Gasteiger partial charge in [-0.1, -0.05) is 44.2 Å². The van der Waals surface area contributed by atoms with Crippen molar-refractivity contribution in [3.05, 3.63) is 71.4 Å². The molecule has 0 aliphatic carbocycles. The third-order valence-electron chi connectivity index (χ3n) is 5.16. The highest BCUT2D eigenvalue weighted by Crippen LogP contribution is 2.28. The lowest BCUT2D eigenvalue weighted by Crippen LogP contribution is -2.26. The zero-order valence-corrected chi connectivity index (χ0v) is 18.2. The summed E-state index contributed by atoms with van der Waals surface area (Å²) in [5.41, 5.74) is 4.71. The van der Waals surface area contributed by atoms with Gasteiger partial charge in [0, 0.05) is 17.5 Å². The van der Waals surface area contributed by atoms with E-state index in [-0.39, 0.29) is 24.9 Å². The van der Waals surface area contributed by atoms with Crippen molar-refractivity contribution in [3.63, 3.8) is 0 Å². The average molecular weight is 420 g/mol. The van der Waals surface area contributed by atoms with Crippen molar-refractivity contribution in [2.75, 3.05) is 11.9 Å². The van der Waals surface area contributed by atoms with Gasteiger partial charge in [-0.2, -0.15) is 0 Å². The second-order valence-electron chi connectivity index (χ2n) is 8.22. The Hall–Kier alpha value is -3.41. The Balaban J connectivity index is 1.76. The minimum absolute atomic E-state index is 0.0770. The van der Waals surface area contributed by atoms with E-state index in [0.717, 1.165) is 34.1 Å². The molecule has 0 bridgehead atoms. The van der Waals surface area contributed by atoms with E-state index in [0.29, 0.717) is 11.5 Å². The Morgan fingerprint density at radius 2 is 1.84 bits per heavy atom. The number of rotatable bonds is 9. The maximum atomic E-state index is 12.2.